The van der Waals surface area contributed by atoms with Gasteiger partial charge in [0.15, 0.2) is 0 Å². The summed E-state index contributed by atoms with van der Waals surface area (Å²) in [5.41, 5.74) is 0.671. The van der Waals surface area contributed by atoms with Crippen LogP contribution < -0.4 is 15.4 Å². The summed E-state index contributed by atoms with van der Waals surface area (Å²) in [6.07, 6.45) is 1.96. The Labute approximate surface area is 117 Å². The number of rotatable bonds is 8. The van der Waals surface area contributed by atoms with Gasteiger partial charge < -0.3 is 15.4 Å². The molecule has 0 saturated heterocycles. The molecule has 1 atom stereocenters. The minimum Gasteiger partial charge on any atom is -0.435 e. The number of amides is 1. The monoisotopic (exact) mass is 286 g/mol. The molecule has 0 heterocycles. The Kier molecular flexibility index (Phi) is 6.76. The molecule has 20 heavy (non-hydrogen) atoms. The average Bonchev–Trinajstić information content (AvgIpc) is 2.40. The summed E-state index contributed by atoms with van der Waals surface area (Å²) in [4.78, 5) is 11.7. The van der Waals surface area contributed by atoms with E-state index in [0.717, 1.165) is 12.8 Å². The number of hydrogen-bond donors (Lipinski definition) is 2. The van der Waals surface area contributed by atoms with Crippen molar-refractivity contribution in [2.24, 2.45) is 0 Å². The number of unbranched alkanes of at least 4 members (excludes halogenated alkanes) is 1. The summed E-state index contributed by atoms with van der Waals surface area (Å²) in [5, 5.41) is 5.81. The van der Waals surface area contributed by atoms with Crippen molar-refractivity contribution < 1.29 is 18.3 Å². The summed E-state index contributed by atoms with van der Waals surface area (Å²) in [6.45, 7) is 1.61. The summed E-state index contributed by atoms with van der Waals surface area (Å²) in [6, 6.07) is 5.64. The van der Waals surface area contributed by atoms with Gasteiger partial charge in [0.2, 0.25) is 5.91 Å². The third kappa shape index (κ3) is 5.86. The Morgan fingerprint density at radius 1 is 1.30 bits per heavy atom. The third-order valence-electron chi connectivity index (χ3n) is 2.69. The van der Waals surface area contributed by atoms with E-state index in [1.54, 1.807) is 19.1 Å². The molecule has 0 aromatic heterocycles. The van der Waals surface area contributed by atoms with E-state index in [1.807, 2.05) is 0 Å². The predicted molar refractivity (Wildman–Crippen MR) is 74.1 cm³/mol. The van der Waals surface area contributed by atoms with Crippen LogP contribution in [0.25, 0.3) is 0 Å². The molecule has 2 N–H and O–H groups in total. The number of alkyl halides is 2. The van der Waals surface area contributed by atoms with Gasteiger partial charge in [0, 0.05) is 12.2 Å². The van der Waals surface area contributed by atoms with Gasteiger partial charge in [-0.25, -0.2) is 0 Å². The van der Waals surface area contributed by atoms with Crippen molar-refractivity contribution in [3.05, 3.63) is 24.3 Å². The normalized spacial score (nSPS) is 12.1. The first-order chi connectivity index (χ1) is 9.52. The second-order valence-electron chi connectivity index (χ2n) is 4.41. The fourth-order valence-electron chi connectivity index (χ4n) is 1.59. The molecule has 0 fully saturated rings. The van der Waals surface area contributed by atoms with Crippen molar-refractivity contribution in [2.75, 3.05) is 11.9 Å². The maximum atomic E-state index is 12.0. The van der Waals surface area contributed by atoms with Gasteiger partial charge in [0.25, 0.3) is 0 Å². The largest absolute Gasteiger partial charge is 0.435 e. The lowest BCUT2D eigenvalue weighted by Crippen LogP contribution is -2.37. The molecule has 4 nitrogen and oxygen atoms in total. The van der Waals surface area contributed by atoms with Crippen LogP contribution in [0, 0.1) is 0 Å². The molecule has 1 rings (SSSR count). The molecule has 0 aliphatic heterocycles. The molecule has 0 aliphatic rings. The van der Waals surface area contributed by atoms with Crippen LogP contribution in [-0.4, -0.2) is 25.1 Å². The molecule has 0 aliphatic carbocycles. The molecule has 1 aromatic rings. The van der Waals surface area contributed by atoms with Crippen molar-refractivity contribution in [2.45, 2.75) is 39.3 Å². The highest BCUT2D eigenvalue weighted by Gasteiger charge is 2.11. The van der Waals surface area contributed by atoms with Gasteiger partial charge in [-0.1, -0.05) is 13.3 Å². The van der Waals surface area contributed by atoms with Gasteiger partial charge >= 0.3 is 6.61 Å². The van der Waals surface area contributed by atoms with E-state index in [4.69, 9.17) is 0 Å². The average molecular weight is 286 g/mol. The molecule has 0 bridgehead atoms. The van der Waals surface area contributed by atoms with Gasteiger partial charge in [0.05, 0.1) is 0 Å². The van der Waals surface area contributed by atoms with Gasteiger partial charge in [-0.15, -0.1) is 0 Å². The van der Waals surface area contributed by atoms with Crippen molar-refractivity contribution in [1.82, 2.24) is 5.32 Å². The molecular weight excluding hydrogens is 266 g/mol. The van der Waals surface area contributed by atoms with Crippen molar-refractivity contribution >= 4 is 11.6 Å². The van der Waals surface area contributed by atoms with E-state index in [9.17, 15) is 13.6 Å². The number of anilines is 1. The lowest BCUT2D eigenvalue weighted by atomic mass is 10.2. The third-order valence-corrected chi connectivity index (χ3v) is 2.69. The number of halogens is 2. The minimum atomic E-state index is -2.84. The number of carbonyl (C=O) groups excluding carboxylic acids is 1. The first-order valence-corrected chi connectivity index (χ1v) is 6.62. The first kappa shape index (κ1) is 16.2. The zero-order valence-electron chi connectivity index (χ0n) is 11.7. The van der Waals surface area contributed by atoms with Crippen LogP contribution in [0.3, 0.4) is 0 Å². The Bertz CT molecular complexity index is 410. The Morgan fingerprint density at radius 3 is 2.50 bits per heavy atom. The standard InChI is InChI=1S/C14H20F2N2O2/c1-3-4-9-17-13(19)10(2)18-11-5-7-12(8-6-11)20-14(15)16/h5-8,10,14,18H,3-4,9H2,1-2H3,(H,17,19). The molecule has 1 unspecified atom stereocenters. The van der Waals surface area contributed by atoms with Gasteiger partial charge in [-0.2, -0.15) is 8.78 Å². The first-order valence-electron chi connectivity index (χ1n) is 6.62. The fraction of sp³-hybridized carbons (Fsp3) is 0.500. The smallest absolute Gasteiger partial charge is 0.387 e. The molecule has 6 heteroatoms. The van der Waals surface area contributed by atoms with Crippen LogP contribution in [0.5, 0.6) is 5.75 Å². The Morgan fingerprint density at radius 2 is 1.95 bits per heavy atom. The van der Waals surface area contributed by atoms with Gasteiger partial charge in [-0.3, -0.25) is 4.79 Å². The number of hydrogen-bond acceptors (Lipinski definition) is 3. The molecule has 0 radical (unpaired) electrons. The highest BCUT2D eigenvalue weighted by atomic mass is 19.3. The Hall–Kier alpha value is -1.85. The second-order valence-corrected chi connectivity index (χ2v) is 4.41. The molecule has 112 valence electrons. The molecule has 0 spiro atoms. The van der Waals surface area contributed by atoms with E-state index in [0.29, 0.717) is 12.2 Å². The topological polar surface area (TPSA) is 50.4 Å². The summed E-state index contributed by atoms with van der Waals surface area (Å²) >= 11 is 0. The molecule has 1 amide bonds. The zero-order chi connectivity index (χ0) is 15.0. The fourth-order valence-corrected chi connectivity index (χ4v) is 1.59. The number of nitrogens with one attached hydrogen (secondary N) is 2. The maximum absolute atomic E-state index is 12.0. The van der Waals surface area contributed by atoms with Crippen LogP contribution in [-0.2, 0) is 4.79 Å². The van der Waals surface area contributed by atoms with Crippen LogP contribution in [0.1, 0.15) is 26.7 Å². The quantitative estimate of drug-likeness (QED) is 0.722. The van der Waals surface area contributed by atoms with Crippen molar-refractivity contribution in [1.29, 1.82) is 0 Å². The second kappa shape index (κ2) is 8.35. The van der Waals surface area contributed by atoms with E-state index >= 15 is 0 Å². The van der Waals surface area contributed by atoms with Crippen LogP contribution in [0.4, 0.5) is 14.5 Å². The summed E-state index contributed by atoms with van der Waals surface area (Å²) in [7, 11) is 0. The summed E-state index contributed by atoms with van der Waals surface area (Å²) in [5.74, 6) is -0.00282. The maximum Gasteiger partial charge on any atom is 0.387 e. The number of ether oxygens (including phenoxy) is 1. The minimum absolute atomic E-state index is 0.0885. The van der Waals surface area contributed by atoms with Crippen LogP contribution in [0.15, 0.2) is 24.3 Å². The zero-order valence-corrected chi connectivity index (χ0v) is 11.7. The Balaban J connectivity index is 2.45. The van der Waals surface area contributed by atoms with Gasteiger partial charge in [0.1, 0.15) is 11.8 Å². The number of benzene rings is 1. The van der Waals surface area contributed by atoms with Crippen molar-refractivity contribution in [3.8, 4) is 5.75 Å². The summed E-state index contributed by atoms with van der Waals surface area (Å²) < 4.78 is 28.2. The van der Waals surface area contributed by atoms with E-state index in [-0.39, 0.29) is 11.7 Å². The lowest BCUT2D eigenvalue weighted by molar-refractivity contribution is -0.121. The van der Waals surface area contributed by atoms with Gasteiger partial charge in [-0.05, 0) is 37.6 Å². The van der Waals surface area contributed by atoms with E-state index < -0.39 is 12.7 Å². The molecular formula is C14H20F2N2O2. The predicted octanol–water partition coefficient (Wildman–Crippen LogP) is 3.00. The highest BCUT2D eigenvalue weighted by Crippen LogP contribution is 2.18. The van der Waals surface area contributed by atoms with E-state index in [2.05, 4.69) is 22.3 Å². The number of carbonyl (C=O) groups is 1. The molecule has 0 saturated carbocycles. The van der Waals surface area contributed by atoms with Crippen LogP contribution >= 0.6 is 0 Å². The SMILES string of the molecule is CCCCNC(=O)C(C)Nc1ccc(OC(F)F)cc1. The highest BCUT2D eigenvalue weighted by molar-refractivity contribution is 5.84. The van der Waals surface area contributed by atoms with Crippen LogP contribution in [0.2, 0.25) is 0 Å². The van der Waals surface area contributed by atoms with Crippen molar-refractivity contribution in [3.63, 3.8) is 0 Å². The van der Waals surface area contributed by atoms with E-state index in [1.165, 1.54) is 12.1 Å². The molecule has 1 aromatic carbocycles. The lowest BCUT2D eigenvalue weighted by Gasteiger charge is -2.15.